The van der Waals surface area contributed by atoms with E-state index in [0.29, 0.717) is 0 Å². The summed E-state index contributed by atoms with van der Waals surface area (Å²) in [4.78, 5) is 38.2. The average molecular weight is 359 g/mol. The van der Waals surface area contributed by atoms with Gasteiger partial charge in [0.1, 0.15) is 12.1 Å². The zero-order valence-corrected chi connectivity index (χ0v) is 13.4. The second-order valence-electron chi connectivity index (χ2n) is 5.24. The largest absolute Gasteiger partial charge is 0.394 e. The number of primary amides is 2. The normalized spacial score (nSPS) is 15.7. The minimum absolute atomic E-state index is 0.0341. The number of nitrogens with two attached hydrogens (primary N) is 3. The summed E-state index contributed by atoms with van der Waals surface area (Å²) in [5, 5.41) is 26.4. The van der Waals surface area contributed by atoms with Gasteiger partial charge in [-0.25, -0.2) is 4.79 Å². The Kier molecular flexibility index (Phi) is 7.22. The third-order valence-electron chi connectivity index (χ3n) is 3.07. The zero-order chi connectivity index (χ0) is 19.1. The fraction of sp³-hybridized carbons (Fsp3) is 0.583. The van der Waals surface area contributed by atoms with Crippen molar-refractivity contribution in [2.24, 2.45) is 17.2 Å². The summed E-state index contributed by atoms with van der Waals surface area (Å²) in [5.41, 5.74) is 15.7. The molecule has 1 heterocycles. The van der Waals surface area contributed by atoms with Crippen molar-refractivity contribution in [1.82, 2.24) is 20.8 Å². The Balaban J connectivity index is 2.89. The Bertz CT molecular complexity index is 619. The fourth-order valence-electron chi connectivity index (χ4n) is 1.79. The molecule has 0 saturated carbocycles. The van der Waals surface area contributed by atoms with E-state index in [4.69, 9.17) is 26.8 Å². The first-order chi connectivity index (χ1) is 11.6. The maximum atomic E-state index is 12.0. The number of hydrogen-bond acceptors (Lipinski definition) is 9. The van der Waals surface area contributed by atoms with E-state index in [0.717, 1.165) is 0 Å². The summed E-state index contributed by atoms with van der Waals surface area (Å²) >= 11 is 0. The maximum absolute atomic E-state index is 12.0. The quantitative estimate of drug-likeness (QED) is 0.231. The Morgan fingerprint density at radius 3 is 2.40 bits per heavy atom. The molecular formula is C12H21N7O6. The molecule has 4 atom stereocenters. The van der Waals surface area contributed by atoms with Crippen molar-refractivity contribution in [2.75, 3.05) is 6.61 Å². The molecule has 1 aromatic rings. The van der Waals surface area contributed by atoms with Crippen LogP contribution >= 0.6 is 0 Å². The number of nitrogens with one attached hydrogen (secondary N) is 2. The highest BCUT2D eigenvalue weighted by Crippen LogP contribution is 2.16. The lowest BCUT2D eigenvalue weighted by atomic mass is 10.1. The van der Waals surface area contributed by atoms with Gasteiger partial charge in [-0.1, -0.05) is 5.16 Å². The van der Waals surface area contributed by atoms with Crippen LogP contribution in [0.5, 0.6) is 0 Å². The van der Waals surface area contributed by atoms with Crippen molar-refractivity contribution in [3.8, 4) is 0 Å². The minimum Gasteiger partial charge on any atom is -0.394 e. The van der Waals surface area contributed by atoms with Crippen LogP contribution in [0, 0.1) is 0 Å². The average Bonchev–Trinajstić information content (AvgIpc) is 3.00. The van der Waals surface area contributed by atoms with Crippen LogP contribution in [0.25, 0.3) is 0 Å². The predicted octanol–water partition coefficient (Wildman–Crippen LogP) is -3.49. The van der Waals surface area contributed by atoms with Crippen LogP contribution in [0.15, 0.2) is 4.52 Å². The van der Waals surface area contributed by atoms with Crippen LogP contribution < -0.4 is 27.8 Å². The number of carbonyl (C=O) groups excluding carboxylic acids is 3. The predicted molar refractivity (Wildman–Crippen MR) is 81.2 cm³/mol. The number of aliphatic hydroxyl groups excluding tert-OH is 2. The molecule has 2 unspecified atom stereocenters. The first-order valence-electron chi connectivity index (χ1n) is 7.18. The molecule has 0 spiro atoms. The Morgan fingerprint density at radius 2 is 1.92 bits per heavy atom. The van der Waals surface area contributed by atoms with Crippen LogP contribution in [-0.2, 0) is 9.59 Å². The highest BCUT2D eigenvalue weighted by atomic mass is 16.5. The minimum atomic E-state index is -1.35. The van der Waals surface area contributed by atoms with Gasteiger partial charge >= 0.3 is 6.03 Å². The third kappa shape index (κ3) is 5.98. The van der Waals surface area contributed by atoms with E-state index in [9.17, 15) is 19.5 Å². The molecule has 13 heteroatoms. The Hall–Kier alpha value is -2.77. The number of carbonyl (C=O) groups is 3. The molecular weight excluding hydrogens is 338 g/mol. The van der Waals surface area contributed by atoms with Gasteiger partial charge in [-0.2, -0.15) is 4.98 Å². The molecule has 0 aliphatic carbocycles. The van der Waals surface area contributed by atoms with E-state index in [1.807, 2.05) is 0 Å². The Morgan fingerprint density at radius 1 is 1.28 bits per heavy atom. The van der Waals surface area contributed by atoms with Crippen molar-refractivity contribution in [2.45, 2.75) is 37.6 Å². The van der Waals surface area contributed by atoms with E-state index in [2.05, 4.69) is 20.8 Å². The number of hydrogen-bond donors (Lipinski definition) is 7. The molecule has 0 aliphatic heterocycles. The fourth-order valence-corrected chi connectivity index (χ4v) is 1.79. The second-order valence-corrected chi connectivity index (χ2v) is 5.24. The van der Waals surface area contributed by atoms with Crippen molar-refractivity contribution in [1.29, 1.82) is 0 Å². The second kappa shape index (κ2) is 8.91. The van der Waals surface area contributed by atoms with Gasteiger partial charge in [-0.05, 0) is 6.92 Å². The van der Waals surface area contributed by atoms with Gasteiger partial charge < -0.3 is 42.6 Å². The van der Waals surface area contributed by atoms with Crippen molar-refractivity contribution in [3.05, 3.63) is 11.7 Å². The molecule has 4 amide bonds. The van der Waals surface area contributed by atoms with Crippen LogP contribution in [0.3, 0.4) is 0 Å². The van der Waals surface area contributed by atoms with Crippen molar-refractivity contribution >= 4 is 17.8 Å². The SMILES string of the molecule is CC(O)[C@H](NC(=O)NC(CC(N)=O)c1nc([C@@H](N)CO)no1)C(N)=O. The van der Waals surface area contributed by atoms with Gasteiger partial charge in [0.2, 0.25) is 17.7 Å². The summed E-state index contributed by atoms with van der Waals surface area (Å²) in [7, 11) is 0. The zero-order valence-electron chi connectivity index (χ0n) is 13.4. The summed E-state index contributed by atoms with van der Waals surface area (Å²) in [6.45, 7) is 0.819. The number of aromatic nitrogens is 2. The van der Waals surface area contributed by atoms with E-state index in [-0.39, 0.29) is 18.1 Å². The van der Waals surface area contributed by atoms with Crippen LogP contribution in [0.2, 0.25) is 0 Å². The van der Waals surface area contributed by atoms with E-state index >= 15 is 0 Å². The first kappa shape index (κ1) is 20.3. The summed E-state index contributed by atoms with van der Waals surface area (Å²) in [6, 6.07) is -4.31. The van der Waals surface area contributed by atoms with Crippen LogP contribution in [-0.4, -0.2) is 57.0 Å². The van der Waals surface area contributed by atoms with Gasteiger partial charge in [0.25, 0.3) is 0 Å². The van der Waals surface area contributed by atoms with Crippen LogP contribution in [0.1, 0.15) is 37.1 Å². The molecule has 140 valence electrons. The van der Waals surface area contributed by atoms with Crippen LogP contribution in [0.4, 0.5) is 4.79 Å². The maximum Gasteiger partial charge on any atom is 0.316 e. The Labute approximate surface area is 141 Å². The molecule has 25 heavy (non-hydrogen) atoms. The summed E-state index contributed by atoms with van der Waals surface area (Å²) in [5.74, 6) is -1.95. The van der Waals surface area contributed by atoms with Crippen molar-refractivity contribution in [3.63, 3.8) is 0 Å². The van der Waals surface area contributed by atoms with E-state index in [1.165, 1.54) is 6.92 Å². The smallest absolute Gasteiger partial charge is 0.316 e. The molecule has 0 aromatic carbocycles. The molecule has 0 radical (unpaired) electrons. The molecule has 0 aliphatic rings. The topological polar surface area (TPSA) is 233 Å². The lowest BCUT2D eigenvalue weighted by Crippen LogP contribution is -2.54. The summed E-state index contributed by atoms with van der Waals surface area (Å²) < 4.78 is 4.91. The molecule has 13 nitrogen and oxygen atoms in total. The van der Waals surface area contributed by atoms with Gasteiger partial charge in [0, 0.05) is 0 Å². The lowest BCUT2D eigenvalue weighted by Gasteiger charge is -2.20. The van der Waals surface area contributed by atoms with E-state index in [1.54, 1.807) is 0 Å². The number of amides is 4. The number of urea groups is 1. The molecule has 0 saturated heterocycles. The molecule has 10 N–H and O–H groups in total. The molecule has 1 rings (SSSR count). The monoisotopic (exact) mass is 359 g/mol. The standard InChI is InChI=1S/C12H21N7O6/c1-4(21)8(9(15)23)17-12(24)16-6(2-7(14)22)11-18-10(19-25-11)5(13)3-20/h4-6,8,20-21H,2-3,13H2,1H3,(H2,14,22)(H2,15,23)(H2,16,17,24)/t4?,5-,6?,8-/m0/s1. The highest BCUT2D eigenvalue weighted by molar-refractivity contribution is 5.86. The lowest BCUT2D eigenvalue weighted by molar-refractivity contribution is -0.122. The third-order valence-corrected chi connectivity index (χ3v) is 3.07. The van der Waals surface area contributed by atoms with Gasteiger partial charge in [-0.15, -0.1) is 0 Å². The van der Waals surface area contributed by atoms with Gasteiger partial charge in [0.05, 0.1) is 25.2 Å². The van der Waals surface area contributed by atoms with E-state index < -0.39 is 48.7 Å². The van der Waals surface area contributed by atoms with Gasteiger partial charge in [-0.3, -0.25) is 9.59 Å². The number of rotatable bonds is 9. The summed E-state index contributed by atoms with van der Waals surface area (Å²) in [6.07, 6.45) is -1.63. The number of aliphatic hydroxyl groups is 2. The molecule has 0 bridgehead atoms. The number of nitrogens with zero attached hydrogens (tertiary/aromatic N) is 2. The van der Waals surface area contributed by atoms with Crippen molar-refractivity contribution < 1.29 is 29.1 Å². The molecule has 0 fully saturated rings. The van der Waals surface area contributed by atoms with Gasteiger partial charge in [0.15, 0.2) is 5.82 Å². The first-order valence-corrected chi connectivity index (χ1v) is 7.18. The highest BCUT2D eigenvalue weighted by Gasteiger charge is 2.28. The molecule has 1 aromatic heterocycles.